The third kappa shape index (κ3) is 5.30. The normalized spacial score (nSPS) is 14.1. The third-order valence-electron chi connectivity index (χ3n) is 7.07. The second-order valence-corrected chi connectivity index (χ2v) is 9.64. The smallest absolute Gasteiger partial charge is 0.250 e. The molecule has 0 spiro atoms. The Kier molecular flexibility index (Phi) is 6.89. The van der Waals surface area contributed by atoms with E-state index in [9.17, 15) is 8.78 Å². The molecule has 3 N–H and O–H groups in total. The summed E-state index contributed by atoms with van der Waals surface area (Å²) in [6.45, 7) is 2.25. The van der Waals surface area contributed by atoms with Crippen LogP contribution in [0.4, 0.5) is 14.6 Å². The largest absolute Gasteiger partial charge is 0.479 e. The molecule has 0 saturated carbocycles. The Morgan fingerprint density at radius 1 is 1.05 bits per heavy atom. The van der Waals surface area contributed by atoms with Gasteiger partial charge in [0, 0.05) is 59.8 Å². The van der Waals surface area contributed by atoms with E-state index in [4.69, 9.17) is 4.74 Å². The number of H-pyrrole nitrogens is 1. The second kappa shape index (κ2) is 10.8. The van der Waals surface area contributed by atoms with E-state index in [2.05, 4.69) is 52.6 Å². The fourth-order valence-electron chi connectivity index (χ4n) is 4.92. The molecule has 6 heterocycles. The molecule has 1 aliphatic rings. The van der Waals surface area contributed by atoms with Crippen molar-refractivity contribution < 1.29 is 13.5 Å². The molecule has 9 nitrogen and oxygen atoms in total. The molecule has 0 unspecified atom stereocenters. The van der Waals surface area contributed by atoms with Gasteiger partial charge in [-0.15, -0.1) is 0 Å². The molecule has 5 aromatic heterocycles. The lowest BCUT2D eigenvalue weighted by molar-refractivity contribution is 0.343. The zero-order valence-electron chi connectivity index (χ0n) is 21.4. The lowest BCUT2D eigenvalue weighted by atomic mass is 10.0. The molecule has 0 atom stereocenters. The van der Waals surface area contributed by atoms with E-state index in [1.807, 2.05) is 18.6 Å². The molecule has 5 aromatic rings. The van der Waals surface area contributed by atoms with Crippen molar-refractivity contribution in [2.75, 3.05) is 25.5 Å². The molecule has 0 amide bonds. The van der Waals surface area contributed by atoms with Crippen LogP contribution in [0.1, 0.15) is 35.6 Å². The number of ether oxygens (including phenoxy) is 1. The monoisotopic (exact) mass is 530 g/mol. The van der Waals surface area contributed by atoms with Gasteiger partial charge < -0.3 is 20.4 Å². The van der Waals surface area contributed by atoms with Crippen LogP contribution in [0, 0.1) is 11.8 Å². The number of halogens is 2. The molecule has 0 aromatic carbocycles. The molecule has 1 fully saturated rings. The Hall–Kier alpha value is -4.38. The SMILES string of the molecule is COc1ncc(CNc2ccc(Cc3c[nH]c4ncc(-c5cnn(C6CCNCC6)c5)cc34)c(F)n2)cc1F. The van der Waals surface area contributed by atoms with Gasteiger partial charge in [0.1, 0.15) is 11.5 Å². The van der Waals surface area contributed by atoms with Crippen molar-refractivity contribution in [2.45, 2.75) is 31.8 Å². The lowest BCUT2D eigenvalue weighted by Gasteiger charge is -2.22. The predicted octanol–water partition coefficient (Wildman–Crippen LogP) is 4.63. The summed E-state index contributed by atoms with van der Waals surface area (Å²) >= 11 is 0. The van der Waals surface area contributed by atoms with Crippen molar-refractivity contribution in [3.05, 3.63) is 83.7 Å². The number of nitrogens with zero attached hydrogens (tertiary/aromatic N) is 5. The first-order valence-electron chi connectivity index (χ1n) is 12.9. The number of anilines is 1. The number of pyridine rings is 3. The number of hydrogen-bond acceptors (Lipinski definition) is 7. The van der Waals surface area contributed by atoms with Gasteiger partial charge in [0.2, 0.25) is 11.8 Å². The fraction of sp³-hybridized carbons (Fsp3) is 0.286. The average Bonchev–Trinajstić information content (AvgIpc) is 3.61. The van der Waals surface area contributed by atoms with Crippen LogP contribution in [0.3, 0.4) is 0 Å². The number of aromatic nitrogens is 6. The maximum absolute atomic E-state index is 15.0. The first-order valence-corrected chi connectivity index (χ1v) is 12.9. The molecular weight excluding hydrogens is 502 g/mol. The quantitative estimate of drug-likeness (QED) is 0.251. The number of rotatable bonds is 8. The highest BCUT2D eigenvalue weighted by Crippen LogP contribution is 2.28. The topological polar surface area (TPSA) is 106 Å². The van der Waals surface area contributed by atoms with Gasteiger partial charge in [-0.25, -0.2) is 19.3 Å². The van der Waals surface area contributed by atoms with Crippen LogP contribution in [0.2, 0.25) is 0 Å². The van der Waals surface area contributed by atoms with E-state index < -0.39 is 11.8 Å². The lowest BCUT2D eigenvalue weighted by Crippen LogP contribution is -2.29. The van der Waals surface area contributed by atoms with E-state index >= 15 is 0 Å². The minimum Gasteiger partial charge on any atom is -0.479 e. The maximum atomic E-state index is 15.0. The van der Waals surface area contributed by atoms with E-state index in [1.165, 1.54) is 19.4 Å². The van der Waals surface area contributed by atoms with Gasteiger partial charge in [-0.05, 0) is 55.3 Å². The van der Waals surface area contributed by atoms with E-state index in [-0.39, 0.29) is 12.4 Å². The Morgan fingerprint density at radius 2 is 1.92 bits per heavy atom. The van der Waals surface area contributed by atoms with Crippen molar-refractivity contribution in [1.82, 2.24) is 35.0 Å². The second-order valence-electron chi connectivity index (χ2n) is 9.64. The molecule has 39 heavy (non-hydrogen) atoms. The molecule has 1 saturated heterocycles. The Bertz CT molecular complexity index is 1610. The van der Waals surface area contributed by atoms with E-state index in [0.29, 0.717) is 29.4 Å². The van der Waals surface area contributed by atoms with Gasteiger partial charge in [0.25, 0.3) is 0 Å². The third-order valence-corrected chi connectivity index (χ3v) is 7.07. The van der Waals surface area contributed by atoms with Crippen molar-refractivity contribution >= 4 is 16.9 Å². The van der Waals surface area contributed by atoms with Gasteiger partial charge >= 0.3 is 0 Å². The van der Waals surface area contributed by atoms with Gasteiger partial charge in [-0.3, -0.25) is 4.68 Å². The van der Waals surface area contributed by atoms with Crippen LogP contribution < -0.4 is 15.4 Å². The minimum absolute atomic E-state index is 0.0702. The highest BCUT2D eigenvalue weighted by atomic mass is 19.1. The summed E-state index contributed by atoms with van der Waals surface area (Å²) in [6.07, 6.45) is 11.6. The number of hydrogen-bond donors (Lipinski definition) is 3. The van der Waals surface area contributed by atoms with Crippen LogP contribution in [-0.2, 0) is 13.0 Å². The first-order chi connectivity index (χ1) is 19.1. The van der Waals surface area contributed by atoms with E-state index in [0.717, 1.165) is 53.7 Å². The molecular formula is C28H28F2N8O. The summed E-state index contributed by atoms with van der Waals surface area (Å²) in [7, 11) is 1.36. The summed E-state index contributed by atoms with van der Waals surface area (Å²) < 4.78 is 35.7. The van der Waals surface area contributed by atoms with Gasteiger partial charge in [-0.1, -0.05) is 6.07 Å². The molecule has 6 rings (SSSR count). The van der Waals surface area contributed by atoms with Gasteiger partial charge in [0.05, 0.1) is 19.3 Å². The molecule has 0 bridgehead atoms. The standard InChI is InChI=1S/C28H28F2N8O/c1-39-28-24(29)8-17(12-35-28)11-32-25-3-2-18(26(30)37-25)9-20-14-34-27-23(20)10-19(13-33-27)21-15-36-38(16-21)22-4-6-31-7-5-22/h2-3,8,10,12-16,22,31H,4-7,9,11H2,1H3,(H,32,37)(H,33,34). The van der Waals surface area contributed by atoms with Crippen LogP contribution in [-0.4, -0.2) is 49.9 Å². The molecule has 200 valence electrons. The van der Waals surface area contributed by atoms with Crippen LogP contribution in [0.5, 0.6) is 5.88 Å². The summed E-state index contributed by atoms with van der Waals surface area (Å²) in [5.74, 6) is -0.848. The number of piperidine rings is 1. The van der Waals surface area contributed by atoms with Crippen LogP contribution in [0.25, 0.3) is 22.2 Å². The number of nitrogens with one attached hydrogen (secondary N) is 3. The van der Waals surface area contributed by atoms with Gasteiger partial charge in [0.15, 0.2) is 5.82 Å². The zero-order chi connectivity index (χ0) is 26.8. The molecule has 11 heteroatoms. The Morgan fingerprint density at radius 3 is 2.72 bits per heavy atom. The average molecular weight is 531 g/mol. The summed E-state index contributed by atoms with van der Waals surface area (Å²) in [6, 6.07) is 7.21. The van der Waals surface area contributed by atoms with Crippen LogP contribution >= 0.6 is 0 Å². The van der Waals surface area contributed by atoms with Gasteiger partial charge in [-0.2, -0.15) is 9.49 Å². The van der Waals surface area contributed by atoms with Crippen molar-refractivity contribution in [3.8, 4) is 17.0 Å². The van der Waals surface area contributed by atoms with Crippen molar-refractivity contribution in [3.63, 3.8) is 0 Å². The summed E-state index contributed by atoms with van der Waals surface area (Å²) in [5.41, 5.74) is 4.68. The predicted molar refractivity (Wildman–Crippen MR) is 144 cm³/mol. The van der Waals surface area contributed by atoms with Crippen molar-refractivity contribution in [2.24, 2.45) is 0 Å². The Balaban J connectivity index is 1.17. The van der Waals surface area contributed by atoms with Crippen molar-refractivity contribution in [1.29, 1.82) is 0 Å². The summed E-state index contributed by atoms with van der Waals surface area (Å²) in [5, 5.41) is 11.9. The highest BCUT2D eigenvalue weighted by Gasteiger charge is 2.17. The Labute approximate surface area is 223 Å². The maximum Gasteiger partial charge on any atom is 0.250 e. The first kappa shape index (κ1) is 24.9. The zero-order valence-corrected chi connectivity index (χ0v) is 21.4. The number of fused-ring (bicyclic) bond motifs is 1. The molecule has 0 radical (unpaired) electrons. The highest BCUT2D eigenvalue weighted by molar-refractivity contribution is 5.84. The minimum atomic E-state index is -0.569. The van der Waals surface area contributed by atoms with E-state index in [1.54, 1.807) is 12.1 Å². The molecule has 0 aliphatic carbocycles. The molecule has 1 aliphatic heterocycles. The number of methoxy groups -OCH3 is 1. The number of aromatic amines is 1. The summed E-state index contributed by atoms with van der Waals surface area (Å²) in [4.78, 5) is 15.7. The van der Waals surface area contributed by atoms with Crippen LogP contribution in [0.15, 0.2) is 55.2 Å². The fourth-order valence-corrected chi connectivity index (χ4v) is 4.92.